The summed E-state index contributed by atoms with van der Waals surface area (Å²) in [5.41, 5.74) is -0.391. The number of rotatable bonds is 12. The van der Waals surface area contributed by atoms with Crippen LogP contribution in [0.25, 0.3) is 0 Å². The molecule has 0 N–H and O–H groups in total. The second-order valence-electron chi connectivity index (χ2n) is 8.01. The first-order valence-electron chi connectivity index (χ1n) is 9.75. The number of carbonyl (C=O) groups is 2. The molecule has 0 saturated carbocycles. The molecule has 1 aliphatic rings. The Morgan fingerprint density at radius 3 is 2.04 bits per heavy atom. The maximum atomic E-state index is 11.6. The van der Waals surface area contributed by atoms with Gasteiger partial charge >= 0.3 is 11.9 Å². The Morgan fingerprint density at radius 1 is 1.00 bits per heavy atom. The Kier molecular flexibility index (Phi) is 10.0. The summed E-state index contributed by atoms with van der Waals surface area (Å²) in [5, 5.41) is 0. The van der Waals surface area contributed by atoms with E-state index in [-0.39, 0.29) is 17.9 Å². The zero-order chi connectivity index (χ0) is 17.8. The minimum atomic E-state index is -0.391. The lowest BCUT2D eigenvalue weighted by Crippen LogP contribution is -2.23. The Balaban J connectivity index is 1.79. The van der Waals surface area contributed by atoms with Crippen molar-refractivity contribution in [1.29, 1.82) is 0 Å². The van der Waals surface area contributed by atoms with Crippen LogP contribution in [0, 0.1) is 11.3 Å². The van der Waals surface area contributed by atoms with Crippen molar-refractivity contribution in [2.75, 3.05) is 13.2 Å². The summed E-state index contributed by atoms with van der Waals surface area (Å²) in [6.45, 7) is 6.83. The second kappa shape index (κ2) is 11.5. The molecule has 1 unspecified atom stereocenters. The van der Waals surface area contributed by atoms with Crippen molar-refractivity contribution in [3.63, 3.8) is 0 Å². The first kappa shape index (κ1) is 21.0. The predicted molar refractivity (Wildman–Crippen MR) is 95.7 cm³/mol. The molecule has 0 amide bonds. The molecule has 1 heterocycles. The highest BCUT2D eigenvalue weighted by Gasteiger charge is 2.25. The summed E-state index contributed by atoms with van der Waals surface area (Å²) in [7, 11) is 0. The van der Waals surface area contributed by atoms with Crippen LogP contribution in [0.2, 0.25) is 0 Å². The number of esters is 2. The van der Waals surface area contributed by atoms with Crippen molar-refractivity contribution in [3.05, 3.63) is 0 Å². The van der Waals surface area contributed by atoms with Crippen molar-refractivity contribution in [1.82, 2.24) is 0 Å². The zero-order valence-electron chi connectivity index (χ0n) is 15.9. The molecule has 140 valence electrons. The van der Waals surface area contributed by atoms with Crippen LogP contribution in [0.15, 0.2) is 0 Å². The van der Waals surface area contributed by atoms with Gasteiger partial charge in [-0.05, 0) is 40.0 Å². The monoisotopic (exact) mass is 340 g/mol. The van der Waals surface area contributed by atoms with Gasteiger partial charge in [-0.2, -0.15) is 0 Å². The Hall–Kier alpha value is -1.06. The summed E-state index contributed by atoms with van der Waals surface area (Å²) in [5.74, 6) is 0.0916. The van der Waals surface area contributed by atoms with E-state index in [1.165, 1.54) is 38.5 Å². The molecular formula is C20H36O4. The van der Waals surface area contributed by atoms with E-state index in [1.54, 1.807) is 0 Å². The number of unbranched alkanes of at least 4 members (excludes halogenated alkanes) is 8. The molecule has 4 heteroatoms. The van der Waals surface area contributed by atoms with Crippen LogP contribution in [0.1, 0.15) is 91.4 Å². The van der Waals surface area contributed by atoms with Gasteiger partial charge < -0.3 is 9.47 Å². The maximum Gasteiger partial charge on any atom is 0.311 e. The third-order valence-corrected chi connectivity index (χ3v) is 4.59. The lowest BCUT2D eigenvalue weighted by molar-refractivity contribution is -0.153. The maximum absolute atomic E-state index is 11.6. The minimum Gasteiger partial charge on any atom is -0.465 e. The molecule has 4 nitrogen and oxygen atoms in total. The van der Waals surface area contributed by atoms with Crippen LogP contribution in [0.5, 0.6) is 0 Å². The summed E-state index contributed by atoms with van der Waals surface area (Å²) in [6, 6.07) is 0. The number of ether oxygens (including phenoxy) is 2. The van der Waals surface area contributed by atoms with Crippen molar-refractivity contribution < 1.29 is 19.1 Å². The molecule has 0 radical (unpaired) electrons. The quantitative estimate of drug-likeness (QED) is 0.369. The molecule has 0 aromatic carbocycles. The van der Waals surface area contributed by atoms with Crippen LogP contribution in [0.3, 0.4) is 0 Å². The van der Waals surface area contributed by atoms with E-state index >= 15 is 0 Å². The van der Waals surface area contributed by atoms with Crippen LogP contribution in [0.4, 0.5) is 0 Å². The van der Waals surface area contributed by atoms with Gasteiger partial charge in [-0.25, -0.2) is 0 Å². The summed E-state index contributed by atoms with van der Waals surface area (Å²) < 4.78 is 10.2. The number of cyclic esters (lactones) is 1. The summed E-state index contributed by atoms with van der Waals surface area (Å²) in [6.07, 6.45) is 12.7. The number of carbonyl (C=O) groups excluding carboxylic acids is 2. The smallest absolute Gasteiger partial charge is 0.311 e. The molecule has 1 aliphatic heterocycles. The third-order valence-electron chi connectivity index (χ3n) is 4.59. The van der Waals surface area contributed by atoms with Gasteiger partial charge in [-0.3, -0.25) is 9.59 Å². The number of hydrogen-bond acceptors (Lipinski definition) is 4. The molecule has 0 aromatic heterocycles. The first-order valence-corrected chi connectivity index (χ1v) is 9.75. The van der Waals surface area contributed by atoms with Crippen LogP contribution >= 0.6 is 0 Å². The average Bonchev–Trinajstić information content (AvgIpc) is 2.92. The molecule has 1 rings (SSSR count). The fraction of sp³-hybridized carbons (Fsp3) is 0.900. The fourth-order valence-corrected chi connectivity index (χ4v) is 2.91. The van der Waals surface area contributed by atoms with E-state index in [4.69, 9.17) is 9.47 Å². The molecule has 1 saturated heterocycles. The van der Waals surface area contributed by atoms with Crippen LogP contribution < -0.4 is 0 Å². The standard InChI is InChI=1S/C20H36O4/c1-20(2,3)19(22)24-15-12-10-8-6-4-5-7-9-11-13-17-14-16-23-18(17)21/h17H,4-16H2,1-3H3. The Morgan fingerprint density at radius 2 is 1.54 bits per heavy atom. The van der Waals surface area contributed by atoms with Crippen molar-refractivity contribution in [2.45, 2.75) is 91.4 Å². The van der Waals surface area contributed by atoms with E-state index < -0.39 is 5.41 Å². The van der Waals surface area contributed by atoms with Gasteiger partial charge in [0, 0.05) is 0 Å². The predicted octanol–water partition coefficient (Wildman–Crippen LogP) is 5.04. The average molecular weight is 341 g/mol. The summed E-state index contributed by atoms with van der Waals surface area (Å²) in [4.78, 5) is 22.9. The van der Waals surface area contributed by atoms with Crippen molar-refractivity contribution in [3.8, 4) is 0 Å². The van der Waals surface area contributed by atoms with Crippen LogP contribution in [-0.4, -0.2) is 25.2 Å². The highest BCUT2D eigenvalue weighted by molar-refractivity contribution is 5.75. The van der Waals surface area contributed by atoms with E-state index in [0.717, 1.165) is 32.1 Å². The first-order chi connectivity index (χ1) is 11.4. The third kappa shape index (κ3) is 9.29. The Labute approximate surface area is 147 Å². The van der Waals surface area contributed by atoms with E-state index in [0.29, 0.717) is 13.2 Å². The summed E-state index contributed by atoms with van der Waals surface area (Å²) >= 11 is 0. The highest BCUT2D eigenvalue weighted by Crippen LogP contribution is 2.21. The van der Waals surface area contributed by atoms with Gasteiger partial charge in [0.25, 0.3) is 0 Å². The topological polar surface area (TPSA) is 52.6 Å². The molecule has 1 fully saturated rings. The normalized spacial score (nSPS) is 17.8. The molecule has 24 heavy (non-hydrogen) atoms. The number of hydrogen-bond donors (Lipinski definition) is 0. The van der Waals surface area contributed by atoms with Gasteiger partial charge in [0.2, 0.25) is 0 Å². The van der Waals surface area contributed by atoms with Crippen molar-refractivity contribution >= 4 is 11.9 Å². The lowest BCUT2D eigenvalue weighted by atomic mass is 9.97. The largest absolute Gasteiger partial charge is 0.465 e. The van der Waals surface area contributed by atoms with Gasteiger partial charge in [0.1, 0.15) is 0 Å². The molecule has 0 spiro atoms. The van der Waals surface area contributed by atoms with Crippen molar-refractivity contribution in [2.24, 2.45) is 11.3 Å². The SMILES string of the molecule is CC(C)(C)C(=O)OCCCCCCCCCCCC1CCOC1=O. The zero-order valence-corrected chi connectivity index (χ0v) is 15.9. The second-order valence-corrected chi connectivity index (χ2v) is 8.01. The van der Waals surface area contributed by atoms with Gasteiger partial charge in [0.05, 0.1) is 24.5 Å². The molecule has 0 aliphatic carbocycles. The minimum absolute atomic E-state index is 0.0168. The van der Waals surface area contributed by atoms with E-state index in [9.17, 15) is 9.59 Å². The van der Waals surface area contributed by atoms with Gasteiger partial charge in [0.15, 0.2) is 0 Å². The molecular weight excluding hydrogens is 304 g/mol. The van der Waals surface area contributed by atoms with Gasteiger partial charge in [-0.15, -0.1) is 0 Å². The molecule has 0 aromatic rings. The fourth-order valence-electron chi connectivity index (χ4n) is 2.91. The lowest BCUT2D eigenvalue weighted by Gasteiger charge is -2.16. The Bertz CT molecular complexity index is 370. The van der Waals surface area contributed by atoms with E-state index in [2.05, 4.69) is 0 Å². The highest BCUT2D eigenvalue weighted by atomic mass is 16.5. The molecule has 1 atom stereocenters. The van der Waals surface area contributed by atoms with E-state index in [1.807, 2.05) is 20.8 Å². The van der Waals surface area contributed by atoms with Crippen LogP contribution in [-0.2, 0) is 19.1 Å². The molecule has 0 bridgehead atoms. The van der Waals surface area contributed by atoms with Gasteiger partial charge in [-0.1, -0.05) is 51.4 Å².